The molecule has 7 nitrogen and oxygen atoms in total. The maximum atomic E-state index is 5.51. The van der Waals surface area contributed by atoms with Crippen molar-refractivity contribution in [2.24, 2.45) is 0 Å². The van der Waals surface area contributed by atoms with Crippen LogP contribution < -0.4 is 14.8 Å². The van der Waals surface area contributed by atoms with Crippen molar-refractivity contribution in [1.29, 1.82) is 0 Å². The standard InChI is InChI=1S/C19H16N4O3/c1-2-8-24-14(3-1)10-20-18-6-7-19-21-11-15(23(19)22-18)13-4-5-16-17(9-13)26-12-25-16/h1-9,11,14H,10,12H2,(H,20,22). The number of hydrogen-bond acceptors (Lipinski definition) is 6. The number of hydrogen-bond donors (Lipinski definition) is 1. The Bertz CT molecular complexity index is 1020. The Labute approximate surface area is 149 Å². The van der Waals surface area contributed by atoms with Gasteiger partial charge in [-0.2, -0.15) is 0 Å². The summed E-state index contributed by atoms with van der Waals surface area (Å²) in [7, 11) is 0. The summed E-state index contributed by atoms with van der Waals surface area (Å²) in [5.41, 5.74) is 2.63. The second-order valence-corrected chi connectivity index (χ2v) is 5.97. The van der Waals surface area contributed by atoms with E-state index in [0.717, 1.165) is 34.2 Å². The Morgan fingerprint density at radius 1 is 1.12 bits per heavy atom. The van der Waals surface area contributed by atoms with Crippen molar-refractivity contribution in [3.05, 3.63) is 61.0 Å². The second-order valence-electron chi connectivity index (χ2n) is 5.97. The Balaban J connectivity index is 1.43. The Kier molecular flexibility index (Phi) is 3.48. The minimum Gasteiger partial charge on any atom is -0.492 e. The predicted octanol–water partition coefficient (Wildman–Crippen LogP) is 3.01. The van der Waals surface area contributed by atoms with Crippen molar-refractivity contribution in [1.82, 2.24) is 14.6 Å². The zero-order valence-electron chi connectivity index (χ0n) is 13.8. The number of ether oxygens (including phenoxy) is 3. The molecule has 1 aromatic carbocycles. The van der Waals surface area contributed by atoms with E-state index in [9.17, 15) is 0 Å². The third kappa shape index (κ3) is 2.63. The number of benzene rings is 1. The Morgan fingerprint density at radius 2 is 2.08 bits per heavy atom. The lowest BCUT2D eigenvalue weighted by atomic mass is 10.1. The summed E-state index contributed by atoms with van der Waals surface area (Å²) in [6.07, 6.45) is 9.33. The Hall–Kier alpha value is -3.48. The van der Waals surface area contributed by atoms with Gasteiger partial charge in [-0.25, -0.2) is 9.50 Å². The first-order chi connectivity index (χ1) is 12.9. The first-order valence-corrected chi connectivity index (χ1v) is 8.34. The average molecular weight is 348 g/mol. The van der Waals surface area contributed by atoms with E-state index in [4.69, 9.17) is 14.2 Å². The molecular formula is C19H16N4O3. The lowest BCUT2D eigenvalue weighted by molar-refractivity contribution is 0.174. The molecule has 2 aliphatic rings. The van der Waals surface area contributed by atoms with E-state index in [2.05, 4.69) is 15.4 Å². The molecule has 0 saturated carbocycles. The highest BCUT2D eigenvalue weighted by atomic mass is 16.7. The van der Waals surface area contributed by atoms with E-state index in [1.165, 1.54) is 0 Å². The summed E-state index contributed by atoms with van der Waals surface area (Å²) < 4.78 is 18.2. The molecule has 0 aliphatic carbocycles. The van der Waals surface area contributed by atoms with Gasteiger partial charge in [0.2, 0.25) is 6.79 Å². The van der Waals surface area contributed by atoms with E-state index < -0.39 is 0 Å². The minimum absolute atomic E-state index is 0.00591. The van der Waals surface area contributed by atoms with Crippen LogP contribution in [0.1, 0.15) is 0 Å². The van der Waals surface area contributed by atoms with Crippen molar-refractivity contribution in [2.75, 3.05) is 18.7 Å². The molecule has 0 bridgehead atoms. The van der Waals surface area contributed by atoms with Crippen LogP contribution in [0.25, 0.3) is 16.9 Å². The molecule has 1 unspecified atom stereocenters. The fourth-order valence-corrected chi connectivity index (χ4v) is 2.97. The predicted molar refractivity (Wildman–Crippen MR) is 96.2 cm³/mol. The van der Waals surface area contributed by atoms with Crippen LogP contribution in [0.3, 0.4) is 0 Å². The molecule has 0 fully saturated rings. The van der Waals surface area contributed by atoms with Gasteiger partial charge in [0.15, 0.2) is 17.1 Å². The molecule has 0 saturated heterocycles. The Morgan fingerprint density at radius 3 is 3.00 bits per heavy atom. The van der Waals surface area contributed by atoms with E-state index in [0.29, 0.717) is 6.54 Å². The summed E-state index contributed by atoms with van der Waals surface area (Å²) in [5, 5.41) is 7.96. The van der Waals surface area contributed by atoms with Gasteiger partial charge in [-0.05, 0) is 42.5 Å². The van der Waals surface area contributed by atoms with Crippen molar-refractivity contribution in [2.45, 2.75) is 6.10 Å². The van der Waals surface area contributed by atoms with Crippen LogP contribution in [-0.4, -0.2) is 34.0 Å². The number of nitrogens with one attached hydrogen (secondary N) is 1. The van der Waals surface area contributed by atoms with Gasteiger partial charge in [0.05, 0.1) is 24.7 Å². The third-order valence-corrected chi connectivity index (χ3v) is 4.28. The molecule has 2 aliphatic heterocycles. The van der Waals surface area contributed by atoms with E-state index in [-0.39, 0.29) is 12.9 Å². The van der Waals surface area contributed by atoms with Crippen LogP contribution in [0, 0.1) is 0 Å². The summed E-state index contributed by atoms with van der Waals surface area (Å²) >= 11 is 0. The van der Waals surface area contributed by atoms with Gasteiger partial charge in [-0.1, -0.05) is 6.08 Å². The maximum Gasteiger partial charge on any atom is 0.231 e. The van der Waals surface area contributed by atoms with Crippen molar-refractivity contribution in [3.63, 3.8) is 0 Å². The van der Waals surface area contributed by atoms with Crippen molar-refractivity contribution >= 4 is 11.5 Å². The normalized spacial score (nSPS) is 17.5. The van der Waals surface area contributed by atoms with Crippen molar-refractivity contribution < 1.29 is 14.2 Å². The van der Waals surface area contributed by atoms with E-state index >= 15 is 0 Å². The molecule has 0 radical (unpaired) electrons. The highest BCUT2D eigenvalue weighted by molar-refractivity contribution is 5.67. The lowest BCUT2D eigenvalue weighted by Gasteiger charge is -2.16. The molecule has 4 heterocycles. The van der Waals surface area contributed by atoms with Crippen LogP contribution in [0.5, 0.6) is 11.5 Å². The molecule has 3 aromatic rings. The van der Waals surface area contributed by atoms with Crippen LogP contribution in [0.4, 0.5) is 5.82 Å². The van der Waals surface area contributed by atoms with Crippen LogP contribution in [-0.2, 0) is 4.74 Å². The molecule has 130 valence electrons. The average Bonchev–Trinajstić information content (AvgIpc) is 3.33. The molecule has 2 aromatic heterocycles. The minimum atomic E-state index is -0.00591. The van der Waals surface area contributed by atoms with Crippen LogP contribution in [0.15, 0.2) is 61.0 Å². The number of imidazole rings is 1. The van der Waals surface area contributed by atoms with E-state index in [1.54, 1.807) is 12.5 Å². The SMILES string of the molecule is C1=COC(CNc2ccc3ncc(-c4ccc5c(c4)OCO5)n3n2)C=C1. The molecule has 0 spiro atoms. The highest BCUT2D eigenvalue weighted by Crippen LogP contribution is 2.35. The van der Waals surface area contributed by atoms with Gasteiger partial charge in [0.25, 0.3) is 0 Å². The fourth-order valence-electron chi connectivity index (χ4n) is 2.97. The van der Waals surface area contributed by atoms with Gasteiger partial charge >= 0.3 is 0 Å². The molecule has 1 atom stereocenters. The smallest absolute Gasteiger partial charge is 0.231 e. The lowest BCUT2D eigenvalue weighted by Crippen LogP contribution is -2.21. The van der Waals surface area contributed by atoms with Gasteiger partial charge in [-0.15, -0.1) is 5.10 Å². The number of fused-ring (bicyclic) bond motifs is 2. The number of anilines is 1. The quantitative estimate of drug-likeness (QED) is 0.782. The topological polar surface area (TPSA) is 69.9 Å². The van der Waals surface area contributed by atoms with Gasteiger partial charge < -0.3 is 19.5 Å². The van der Waals surface area contributed by atoms with Crippen molar-refractivity contribution in [3.8, 4) is 22.8 Å². The molecule has 26 heavy (non-hydrogen) atoms. The van der Waals surface area contributed by atoms with Gasteiger partial charge in [-0.3, -0.25) is 0 Å². The maximum absolute atomic E-state index is 5.51. The second kappa shape index (κ2) is 6.11. The number of allylic oxidation sites excluding steroid dienone is 2. The summed E-state index contributed by atoms with van der Waals surface area (Å²) in [6.45, 7) is 0.887. The summed E-state index contributed by atoms with van der Waals surface area (Å²) in [4.78, 5) is 4.44. The molecular weight excluding hydrogens is 332 g/mol. The van der Waals surface area contributed by atoms with Gasteiger partial charge in [0.1, 0.15) is 11.9 Å². The summed E-state index contributed by atoms with van der Waals surface area (Å²) in [5.74, 6) is 2.25. The van der Waals surface area contributed by atoms with Crippen LogP contribution >= 0.6 is 0 Å². The fraction of sp³-hybridized carbons (Fsp3) is 0.158. The molecule has 0 amide bonds. The van der Waals surface area contributed by atoms with Gasteiger partial charge in [0, 0.05) is 5.56 Å². The monoisotopic (exact) mass is 348 g/mol. The molecule has 5 rings (SSSR count). The number of nitrogens with zero attached hydrogens (tertiary/aromatic N) is 3. The third-order valence-electron chi connectivity index (χ3n) is 4.28. The number of rotatable bonds is 4. The van der Waals surface area contributed by atoms with Crippen LogP contribution in [0.2, 0.25) is 0 Å². The highest BCUT2D eigenvalue weighted by Gasteiger charge is 2.16. The number of aromatic nitrogens is 3. The zero-order chi connectivity index (χ0) is 17.3. The first-order valence-electron chi connectivity index (χ1n) is 8.34. The van der Waals surface area contributed by atoms with E-state index in [1.807, 2.05) is 53.1 Å². The zero-order valence-corrected chi connectivity index (χ0v) is 13.8. The first kappa shape index (κ1) is 14.8. The molecule has 7 heteroatoms. The molecule has 1 N–H and O–H groups in total. The summed E-state index contributed by atoms with van der Waals surface area (Å²) in [6, 6.07) is 9.67. The largest absolute Gasteiger partial charge is 0.492 e.